The summed E-state index contributed by atoms with van der Waals surface area (Å²) in [5.41, 5.74) is 0. The Hall–Kier alpha value is 2.99. The summed E-state index contributed by atoms with van der Waals surface area (Å²) < 4.78 is 0. The van der Waals surface area contributed by atoms with Crippen molar-refractivity contribution in [2.75, 3.05) is 0 Å². The van der Waals surface area contributed by atoms with E-state index in [4.69, 9.17) is 0 Å². The Morgan fingerprint density at radius 3 is 0.750 bits per heavy atom. The average molecular weight is 409 g/mol. The molecule has 24 valence electrons. The first-order valence-electron chi connectivity index (χ1n) is 0. The normalized spacial score (nSPS) is 0. The monoisotopic (exact) mass is 410 g/mol. The summed E-state index contributed by atoms with van der Waals surface area (Å²) in [6, 6.07) is 0. The summed E-state index contributed by atoms with van der Waals surface area (Å²) in [5, 5.41) is 0. The minimum atomic E-state index is 0. The number of rotatable bonds is 0. The van der Waals surface area contributed by atoms with E-state index >= 15 is 0 Å². The van der Waals surface area contributed by atoms with Gasteiger partial charge in [0.25, 0.3) is 0 Å². The van der Waals surface area contributed by atoms with E-state index in [1.165, 1.54) is 0 Å². The zero-order valence-electron chi connectivity index (χ0n) is 1.96. The molecule has 0 unspecified atom stereocenters. The molecule has 4 heteroatoms. The van der Waals surface area contributed by atoms with Gasteiger partial charge in [-0.15, -0.1) is 0 Å². The Balaban J connectivity index is 0. The smallest absolute Gasteiger partial charge is 1.00 e. The van der Waals surface area contributed by atoms with Crippen LogP contribution in [0.5, 0.6) is 0 Å². The first-order chi connectivity index (χ1) is 0. The summed E-state index contributed by atoms with van der Waals surface area (Å²) in [6.07, 6.45) is 0. The van der Waals surface area contributed by atoms with E-state index < -0.39 is 0 Å². The van der Waals surface area contributed by atoms with Crippen molar-refractivity contribution in [3.05, 3.63) is 0 Å². The molecule has 0 fully saturated rings. The minimum absolute atomic E-state index is 0. The second kappa shape index (κ2) is 16.7. The summed E-state index contributed by atoms with van der Waals surface area (Å²) in [4.78, 5) is 0. The maximum absolute atomic E-state index is 0. The molecule has 0 saturated heterocycles. The molecule has 0 atom stereocenters. The molecular formula is H2BaI2O. The Morgan fingerprint density at radius 1 is 0.750 bits per heavy atom. The van der Waals surface area contributed by atoms with Crippen LogP contribution in [0.3, 0.4) is 0 Å². The Morgan fingerprint density at radius 2 is 0.750 bits per heavy atom. The predicted octanol–water partition coefficient (Wildman–Crippen LogP) is -7.20. The molecule has 0 radical (unpaired) electrons. The van der Waals surface area contributed by atoms with Crippen LogP contribution < -0.4 is 48.0 Å². The summed E-state index contributed by atoms with van der Waals surface area (Å²) in [7, 11) is 0. The Bertz CT molecular complexity index is 6.00. The third-order valence-electron chi connectivity index (χ3n) is 0. The van der Waals surface area contributed by atoms with Gasteiger partial charge in [0.1, 0.15) is 0 Å². The van der Waals surface area contributed by atoms with E-state index in [0.717, 1.165) is 0 Å². The minimum Gasteiger partial charge on any atom is -1.00 e. The summed E-state index contributed by atoms with van der Waals surface area (Å²) in [6.45, 7) is 0. The van der Waals surface area contributed by atoms with Crippen molar-refractivity contribution < 1.29 is 53.4 Å². The molecule has 0 bridgehead atoms. The molecule has 0 amide bonds. The van der Waals surface area contributed by atoms with E-state index in [9.17, 15) is 0 Å². The molecular weight excluding hydrogens is 407 g/mol. The van der Waals surface area contributed by atoms with Crippen LogP contribution in [0.25, 0.3) is 0 Å². The zero-order valence-corrected chi connectivity index (χ0v) is 10.7. The third-order valence-corrected chi connectivity index (χ3v) is 0. The number of hydrogen-bond acceptors (Lipinski definition) is 0. The van der Waals surface area contributed by atoms with Gasteiger partial charge in [-0.3, -0.25) is 0 Å². The van der Waals surface area contributed by atoms with Crippen LogP contribution in [0.2, 0.25) is 0 Å². The van der Waals surface area contributed by atoms with Crippen molar-refractivity contribution in [1.29, 1.82) is 0 Å². The molecule has 0 heterocycles. The van der Waals surface area contributed by atoms with Crippen LogP contribution >= 0.6 is 0 Å². The van der Waals surface area contributed by atoms with E-state index in [1.807, 2.05) is 0 Å². The van der Waals surface area contributed by atoms with Crippen molar-refractivity contribution in [3.63, 3.8) is 0 Å². The molecule has 4 heavy (non-hydrogen) atoms. The van der Waals surface area contributed by atoms with E-state index in [-0.39, 0.29) is 102 Å². The molecule has 0 aliphatic heterocycles. The van der Waals surface area contributed by atoms with Gasteiger partial charge in [-0.05, 0) is 0 Å². The Kier molecular flexibility index (Phi) is 117. The second-order valence-electron chi connectivity index (χ2n) is 0. The number of halogens is 2. The standard InChI is InChI=1S/Ba.2HI.H2O/h;2*1H;1H2/q+2;;;/p-2. The predicted molar refractivity (Wildman–Crippen MR) is 9.37 cm³/mol. The van der Waals surface area contributed by atoms with Crippen LogP contribution in [0.15, 0.2) is 0 Å². The average Bonchev–Trinajstić information content (AvgIpc) is 0. The first-order valence-corrected chi connectivity index (χ1v) is 0. The van der Waals surface area contributed by atoms with E-state index in [0.29, 0.717) is 0 Å². The molecule has 0 aromatic rings. The quantitative estimate of drug-likeness (QED) is 0.282. The molecule has 0 rings (SSSR count). The van der Waals surface area contributed by atoms with Crippen LogP contribution in [0, 0.1) is 0 Å². The molecule has 0 spiro atoms. The van der Waals surface area contributed by atoms with Crippen molar-refractivity contribution in [3.8, 4) is 0 Å². The maximum atomic E-state index is 0. The van der Waals surface area contributed by atoms with Gasteiger partial charge in [0, 0.05) is 0 Å². The topological polar surface area (TPSA) is 31.5 Å². The SMILES string of the molecule is O.[Ba+2].[I-].[I-]. The first kappa shape index (κ1) is 28.0. The van der Waals surface area contributed by atoms with Crippen molar-refractivity contribution in [2.24, 2.45) is 0 Å². The van der Waals surface area contributed by atoms with Gasteiger partial charge < -0.3 is 53.4 Å². The molecule has 2 N–H and O–H groups in total. The van der Waals surface area contributed by atoms with Gasteiger partial charge in [-0.25, -0.2) is 0 Å². The fourth-order valence-corrected chi connectivity index (χ4v) is 0. The fourth-order valence-electron chi connectivity index (χ4n) is 0. The van der Waals surface area contributed by atoms with Gasteiger partial charge in [0.05, 0.1) is 0 Å². The van der Waals surface area contributed by atoms with E-state index in [1.54, 1.807) is 0 Å². The summed E-state index contributed by atoms with van der Waals surface area (Å²) >= 11 is 0. The molecule has 0 aromatic heterocycles. The van der Waals surface area contributed by atoms with Gasteiger partial charge in [0.2, 0.25) is 0 Å². The van der Waals surface area contributed by atoms with Crippen molar-refractivity contribution in [1.82, 2.24) is 0 Å². The molecule has 0 aliphatic rings. The van der Waals surface area contributed by atoms with E-state index in [2.05, 4.69) is 0 Å². The van der Waals surface area contributed by atoms with Crippen LogP contribution in [0.4, 0.5) is 0 Å². The van der Waals surface area contributed by atoms with Crippen molar-refractivity contribution >= 4 is 48.9 Å². The van der Waals surface area contributed by atoms with Gasteiger partial charge in [-0.1, -0.05) is 0 Å². The second-order valence-corrected chi connectivity index (χ2v) is 0. The Labute approximate surface area is 99.7 Å². The van der Waals surface area contributed by atoms with Crippen LogP contribution in [-0.2, 0) is 0 Å². The maximum Gasteiger partial charge on any atom is 2.00 e. The van der Waals surface area contributed by atoms with Gasteiger partial charge >= 0.3 is 48.9 Å². The van der Waals surface area contributed by atoms with Crippen LogP contribution in [-0.4, -0.2) is 54.4 Å². The zero-order chi connectivity index (χ0) is 0. The number of hydrogen-bond donors (Lipinski definition) is 0. The summed E-state index contributed by atoms with van der Waals surface area (Å²) in [5.74, 6) is 0. The third kappa shape index (κ3) is 8.89. The molecule has 0 aromatic carbocycles. The molecule has 1 nitrogen and oxygen atoms in total. The fraction of sp³-hybridized carbons (Fsp3) is 0. The van der Waals surface area contributed by atoms with Gasteiger partial charge in [-0.2, -0.15) is 0 Å². The van der Waals surface area contributed by atoms with Gasteiger partial charge in [0.15, 0.2) is 0 Å². The molecule has 0 aliphatic carbocycles. The molecule has 0 saturated carbocycles. The largest absolute Gasteiger partial charge is 2.00 e. The van der Waals surface area contributed by atoms with Crippen LogP contribution in [0.1, 0.15) is 0 Å². The van der Waals surface area contributed by atoms with Crippen molar-refractivity contribution in [2.45, 2.75) is 0 Å².